The van der Waals surface area contributed by atoms with Crippen molar-refractivity contribution in [2.75, 3.05) is 0 Å². The quantitative estimate of drug-likeness (QED) is 0.317. The van der Waals surface area contributed by atoms with Crippen LogP contribution in [0.25, 0.3) is 0 Å². The van der Waals surface area contributed by atoms with Crippen molar-refractivity contribution in [2.45, 2.75) is 77.2 Å². The molecule has 0 spiro atoms. The number of hydrogen-bond acceptors (Lipinski definition) is 3. The molecule has 0 aliphatic heterocycles. The van der Waals surface area contributed by atoms with E-state index in [-0.39, 0.29) is 30.1 Å². The van der Waals surface area contributed by atoms with Gasteiger partial charge in [-0.25, -0.2) is 0 Å². The first-order chi connectivity index (χ1) is 11.5. The number of ketones is 1. The molecule has 3 atom stereocenters. The second-order valence-electron chi connectivity index (χ2n) is 6.75. The molecule has 2 N–H and O–H groups in total. The van der Waals surface area contributed by atoms with Crippen molar-refractivity contribution < 1.29 is 19.8 Å². The average molecular weight is 336 g/mol. The number of aliphatic carboxylic acids is 1. The third kappa shape index (κ3) is 8.44. The van der Waals surface area contributed by atoms with Crippen LogP contribution in [0.15, 0.2) is 24.3 Å². The van der Waals surface area contributed by atoms with Gasteiger partial charge in [0.2, 0.25) is 0 Å². The Balaban J connectivity index is 2.34. The van der Waals surface area contributed by atoms with E-state index in [1.54, 1.807) is 6.08 Å². The van der Waals surface area contributed by atoms with Gasteiger partial charge in [0.1, 0.15) is 0 Å². The third-order valence-corrected chi connectivity index (χ3v) is 4.73. The Hall–Kier alpha value is -1.42. The van der Waals surface area contributed by atoms with E-state index < -0.39 is 5.97 Å². The predicted octanol–water partition coefficient (Wildman–Crippen LogP) is 4.28. The number of hydrogen-bond donors (Lipinski definition) is 2. The summed E-state index contributed by atoms with van der Waals surface area (Å²) in [7, 11) is 0. The van der Waals surface area contributed by atoms with Crippen molar-refractivity contribution >= 4 is 11.8 Å². The van der Waals surface area contributed by atoms with Gasteiger partial charge in [-0.15, -0.1) is 0 Å². The summed E-state index contributed by atoms with van der Waals surface area (Å²) >= 11 is 0. The van der Waals surface area contributed by atoms with Crippen LogP contribution in [-0.4, -0.2) is 28.1 Å². The minimum atomic E-state index is -0.740. The standard InChI is InChI=1S/C20H32O4/c1-2-3-9-17(21)14-12-16-13-15-19(22)18(16)10-7-5-4-6-8-11-20(23)24/h5,7,12,14,16,18-19,22H,2-4,6,8-11,13,15H2,1H3,(H,23,24). The number of rotatable bonds is 12. The molecule has 0 amide bonds. The highest BCUT2D eigenvalue weighted by molar-refractivity contribution is 5.89. The number of unbranched alkanes of at least 4 members (excludes halogenated alkanes) is 3. The summed E-state index contributed by atoms with van der Waals surface area (Å²) in [4.78, 5) is 22.2. The highest BCUT2D eigenvalue weighted by atomic mass is 16.4. The van der Waals surface area contributed by atoms with Gasteiger partial charge < -0.3 is 10.2 Å². The van der Waals surface area contributed by atoms with Crippen LogP contribution in [-0.2, 0) is 9.59 Å². The number of carbonyl (C=O) groups excluding carboxylic acids is 1. The summed E-state index contributed by atoms with van der Waals surface area (Å²) in [5.41, 5.74) is 0. The Morgan fingerprint density at radius 1 is 1.08 bits per heavy atom. The van der Waals surface area contributed by atoms with Crippen molar-refractivity contribution in [3.63, 3.8) is 0 Å². The number of aliphatic hydroxyl groups is 1. The normalized spacial score (nSPS) is 24.2. The van der Waals surface area contributed by atoms with Crippen LogP contribution in [0.1, 0.15) is 71.1 Å². The number of carbonyl (C=O) groups is 2. The SMILES string of the molecule is CCCCC(=O)C=CC1CCC(O)C1CC=CCCCCC(=O)O. The van der Waals surface area contributed by atoms with Gasteiger partial charge >= 0.3 is 5.97 Å². The molecule has 0 radical (unpaired) electrons. The van der Waals surface area contributed by atoms with E-state index in [9.17, 15) is 14.7 Å². The fraction of sp³-hybridized carbons (Fsp3) is 0.700. The minimum absolute atomic E-state index is 0.186. The van der Waals surface area contributed by atoms with Gasteiger partial charge in [-0.05, 0) is 62.9 Å². The molecule has 4 heteroatoms. The zero-order valence-corrected chi connectivity index (χ0v) is 14.8. The molecular weight excluding hydrogens is 304 g/mol. The molecule has 24 heavy (non-hydrogen) atoms. The van der Waals surface area contributed by atoms with Crippen molar-refractivity contribution in [3.8, 4) is 0 Å². The van der Waals surface area contributed by atoms with Gasteiger partial charge in [-0.2, -0.15) is 0 Å². The molecule has 3 unspecified atom stereocenters. The van der Waals surface area contributed by atoms with E-state index in [0.29, 0.717) is 12.8 Å². The first kappa shape index (κ1) is 20.6. The molecule has 1 saturated carbocycles. The lowest BCUT2D eigenvalue weighted by Crippen LogP contribution is -2.17. The number of aliphatic hydroxyl groups excluding tert-OH is 1. The van der Waals surface area contributed by atoms with Crippen molar-refractivity contribution in [1.29, 1.82) is 0 Å². The van der Waals surface area contributed by atoms with E-state index in [0.717, 1.165) is 44.9 Å². The van der Waals surface area contributed by atoms with Crippen LogP contribution in [0.5, 0.6) is 0 Å². The fourth-order valence-electron chi connectivity index (χ4n) is 3.22. The smallest absolute Gasteiger partial charge is 0.303 e. The van der Waals surface area contributed by atoms with Crippen LogP contribution < -0.4 is 0 Å². The van der Waals surface area contributed by atoms with Gasteiger partial charge in [0, 0.05) is 12.8 Å². The van der Waals surface area contributed by atoms with E-state index in [2.05, 4.69) is 19.1 Å². The number of carboxylic acid groups (broad SMARTS) is 1. The minimum Gasteiger partial charge on any atom is -0.481 e. The maximum absolute atomic E-state index is 11.8. The molecule has 0 saturated heterocycles. The van der Waals surface area contributed by atoms with E-state index in [4.69, 9.17) is 5.11 Å². The lowest BCUT2D eigenvalue weighted by atomic mass is 9.90. The van der Waals surface area contributed by atoms with Gasteiger partial charge in [0.05, 0.1) is 6.10 Å². The van der Waals surface area contributed by atoms with Gasteiger partial charge in [0.15, 0.2) is 5.78 Å². The lowest BCUT2D eigenvalue weighted by Gasteiger charge is -2.17. The van der Waals surface area contributed by atoms with Crippen molar-refractivity contribution in [3.05, 3.63) is 24.3 Å². The average Bonchev–Trinajstić information content (AvgIpc) is 2.90. The Bertz CT molecular complexity index is 439. The molecule has 1 fully saturated rings. The summed E-state index contributed by atoms with van der Waals surface area (Å²) in [5.74, 6) is -0.0835. The highest BCUT2D eigenvalue weighted by Crippen LogP contribution is 2.35. The monoisotopic (exact) mass is 336 g/mol. The second-order valence-corrected chi connectivity index (χ2v) is 6.75. The number of carboxylic acids is 1. The molecule has 4 nitrogen and oxygen atoms in total. The van der Waals surface area contributed by atoms with Crippen LogP contribution in [0.3, 0.4) is 0 Å². The van der Waals surface area contributed by atoms with Gasteiger partial charge in [0.25, 0.3) is 0 Å². The molecule has 0 bridgehead atoms. The third-order valence-electron chi connectivity index (χ3n) is 4.73. The molecule has 0 heterocycles. The Kier molecular flexibility index (Phi) is 10.3. The molecule has 0 aromatic rings. The first-order valence-corrected chi connectivity index (χ1v) is 9.30. The number of allylic oxidation sites excluding steroid dienone is 4. The predicted molar refractivity (Wildman–Crippen MR) is 95.8 cm³/mol. The molecule has 136 valence electrons. The van der Waals surface area contributed by atoms with Gasteiger partial charge in [-0.3, -0.25) is 9.59 Å². The van der Waals surface area contributed by atoms with Crippen LogP contribution in [0.2, 0.25) is 0 Å². The molecular formula is C20H32O4. The van der Waals surface area contributed by atoms with Gasteiger partial charge in [-0.1, -0.05) is 31.6 Å². The topological polar surface area (TPSA) is 74.6 Å². The lowest BCUT2D eigenvalue weighted by molar-refractivity contribution is -0.137. The largest absolute Gasteiger partial charge is 0.481 e. The summed E-state index contributed by atoms with van der Waals surface area (Å²) in [5, 5.41) is 18.7. The molecule has 0 aromatic heterocycles. The van der Waals surface area contributed by atoms with Crippen LogP contribution in [0.4, 0.5) is 0 Å². The zero-order valence-electron chi connectivity index (χ0n) is 14.8. The molecule has 1 rings (SSSR count). The van der Waals surface area contributed by atoms with Crippen molar-refractivity contribution in [2.24, 2.45) is 11.8 Å². The van der Waals surface area contributed by atoms with Crippen LogP contribution in [0, 0.1) is 11.8 Å². The maximum atomic E-state index is 11.8. The molecule has 0 aromatic carbocycles. The summed E-state index contributed by atoms with van der Waals surface area (Å²) in [6.07, 6.45) is 15.4. The van der Waals surface area contributed by atoms with Crippen molar-refractivity contribution in [1.82, 2.24) is 0 Å². The molecule has 1 aliphatic carbocycles. The summed E-state index contributed by atoms with van der Waals surface area (Å²) < 4.78 is 0. The fourth-order valence-corrected chi connectivity index (χ4v) is 3.22. The maximum Gasteiger partial charge on any atom is 0.303 e. The first-order valence-electron chi connectivity index (χ1n) is 9.30. The van der Waals surface area contributed by atoms with E-state index in [1.807, 2.05) is 6.08 Å². The van der Waals surface area contributed by atoms with E-state index in [1.165, 1.54) is 0 Å². The van der Waals surface area contributed by atoms with E-state index >= 15 is 0 Å². The van der Waals surface area contributed by atoms with Crippen LogP contribution >= 0.6 is 0 Å². The molecule has 1 aliphatic rings. The highest BCUT2D eigenvalue weighted by Gasteiger charge is 2.32. The Labute approximate surface area is 145 Å². The summed E-state index contributed by atoms with van der Waals surface area (Å²) in [6.45, 7) is 2.08. The Morgan fingerprint density at radius 2 is 1.88 bits per heavy atom. The zero-order chi connectivity index (χ0) is 17.8. The second kappa shape index (κ2) is 12.0. The summed E-state index contributed by atoms with van der Waals surface area (Å²) in [6, 6.07) is 0. The Morgan fingerprint density at radius 3 is 2.58 bits per heavy atom.